The van der Waals surface area contributed by atoms with Crippen LogP contribution in [0.3, 0.4) is 0 Å². The Kier molecular flexibility index (Phi) is 4.67. The van der Waals surface area contributed by atoms with Crippen molar-refractivity contribution >= 4 is 23.5 Å². The van der Waals surface area contributed by atoms with Crippen LogP contribution in [0.25, 0.3) is 0 Å². The van der Waals surface area contributed by atoms with Crippen molar-refractivity contribution in [3.8, 4) is 6.07 Å². The van der Waals surface area contributed by atoms with Gasteiger partial charge in [-0.2, -0.15) is 5.26 Å². The number of halogens is 2. The highest BCUT2D eigenvalue weighted by Crippen LogP contribution is 2.39. The standard InChI is InChI=1S/C15H14ClFN2O3/c1-15(8-18,9-2-3-9)19-13(20)7-22-14(21)11-6-10(16)4-5-12(11)17/h4-6,9H,2-3,7H2,1H3,(H,19,20)/t15-/m1/s1. The van der Waals surface area contributed by atoms with Gasteiger partial charge in [-0.3, -0.25) is 4.79 Å². The summed E-state index contributed by atoms with van der Waals surface area (Å²) in [4.78, 5) is 23.5. The highest BCUT2D eigenvalue weighted by atomic mass is 35.5. The fourth-order valence-electron chi connectivity index (χ4n) is 2.07. The molecule has 7 heteroatoms. The lowest BCUT2D eigenvalue weighted by atomic mass is 9.98. The number of ether oxygens (including phenoxy) is 1. The number of carbonyl (C=O) groups excluding carboxylic acids is 2. The normalized spacial score (nSPS) is 16.3. The minimum absolute atomic E-state index is 0.113. The Balaban J connectivity index is 1.92. The summed E-state index contributed by atoms with van der Waals surface area (Å²) in [5, 5.41) is 11.9. The van der Waals surface area contributed by atoms with Crippen LogP contribution in [0.1, 0.15) is 30.1 Å². The van der Waals surface area contributed by atoms with Gasteiger partial charge in [0, 0.05) is 5.02 Å². The molecular formula is C15H14ClFN2O3. The van der Waals surface area contributed by atoms with Crippen molar-refractivity contribution in [2.75, 3.05) is 6.61 Å². The topological polar surface area (TPSA) is 79.2 Å². The summed E-state index contributed by atoms with van der Waals surface area (Å²) in [5.41, 5.74) is -1.31. The molecule has 2 rings (SSSR count). The molecule has 1 saturated carbocycles. The van der Waals surface area contributed by atoms with Gasteiger partial charge in [-0.1, -0.05) is 11.6 Å². The number of hydrogen-bond acceptors (Lipinski definition) is 4. The average Bonchev–Trinajstić information content (AvgIpc) is 3.32. The van der Waals surface area contributed by atoms with E-state index in [2.05, 4.69) is 11.4 Å². The van der Waals surface area contributed by atoms with E-state index in [4.69, 9.17) is 21.6 Å². The van der Waals surface area contributed by atoms with Crippen LogP contribution in [0.5, 0.6) is 0 Å². The van der Waals surface area contributed by atoms with Gasteiger partial charge in [-0.25, -0.2) is 9.18 Å². The number of esters is 1. The van der Waals surface area contributed by atoms with Crippen molar-refractivity contribution < 1.29 is 18.7 Å². The molecule has 0 radical (unpaired) electrons. The van der Waals surface area contributed by atoms with Crippen LogP contribution < -0.4 is 5.32 Å². The van der Waals surface area contributed by atoms with Gasteiger partial charge in [-0.05, 0) is 43.9 Å². The van der Waals surface area contributed by atoms with E-state index in [-0.39, 0.29) is 16.5 Å². The molecule has 1 N–H and O–H groups in total. The summed E-state index contributed by atoms with van der Waals surface area (Å²) < 4.78 is 18.2. The van der Waals surface area contributed by atoms with Crippen LogP contribution >= 0.6 is 11.6 Å². The van der Waals surface area contributed by atoms with Gasteiger partial charge < -0.3 is 10.1 Å². The average molecular weight is 325 g/mol. The molecule has 5 nitrogen and oxygen atoms in total. The molecule has 1 fully saturated rings. The van der Waals surface area contributed by atoms with E-state index in [0.717, 1.165) is 25.0 Å². The Morgan fingerprint density at radius 1 is 1.55 bits per heavy atom. The lowest BCUT2D eigenvalue weighted by Gasteiger charge is -2.22. The molecule has 0 bridgehead atoms. The van der Waals surface area contributed by atoms with Gasteiger partial charge in [-0.15, -0.1) is 0 Å². The molecule has 0 aromatic heterocycles. The molecule has 0 unspecified atom stereocenters. The van der Waals surface area contributed by atoms with Gasteiger partial charge in [0.25, 0.3) is 5.91 Å². The fourth-order valence-corrected chi connectivity index (χ4v) is 2.24. The van der Waals surface area contributed by atoms with E-state index in [1.54, 1.807) is 6.92 Å². The number of benzene rings is 1. The summed E-state index contributed by atoms with van der Waals surface area (Å²) >= 11 is 5.68. The third kappa shape index (κ3) is 3.74. The summed E-state index contributed by atoms with van der Waals surface area (Å²) in [6, 6.07) is 5.52. The molecule has 0 spiro atoms. The van der Waals surface area contributed by atoms with Gasteiger partial charge >= 0.3 is 5.97 Å². The van der Waals surface area contributed by atoms with E-state index in [9.17, 15) is 14.0 Å². The molecule has 1 aromatic rings. The van der Waals surface area contributed by atoms with Crippen molar-refractivity contribution in [2.24, 2.45) is 5.92 Å². The van der Waals surface area contributed by atoms with Crippen molar-refractivity contribution in [2.45, 2.75) is 25.3 Å². The third-order valence-corrected chi connectivity index (χ3v) is 3.74. The molecule has 0 heterocycles. The molecule has 116 valence electrons. The van der Waals surface area contributed by atoms with E-state index in [0.29, 0.717) is 0 Å². The van der Waals surface area contributed by atoms with E-state index >= 15 is 0 Å². The number of nitrogens with one attached hydrogen (secondary N) is 1. The van der Waals surface area contributed by atoms with Gasteiger partial charge in [0.2, 0.25) is 0 Å². The number of rotatable bonds is 5. The van der Waals surface area contributed by atoms with Crippen LogP contribution in [-0.4, -0.2) is 24.0 Å². The fraction of sp³-hybridized carbons (Fsp3) is 0.400. The van der Waals surface area contributed by atoms with Crippen molar-refractivity contribution in [3.05, 3.63) is 34.6 Å². The van der Waals surface area contributed by atoms with E-state index in [1.165, 1.54) is 6.07 Å². The first-order valence-corrected chi connectivity index (χ1v) is 7.08. The lowest BCUT2D eigenvalue weighted by molar-refractivity contribution is -0.125. The molecule has 0 saturated heterocycles. The Morgan fingerprint density at radius 3 is 2.82 bits per heavy atom. The lowest BCUT2D eigenvalue weighted by Crippen LogP contribution is -2.48. The van der Waals surface area contributed by atoms with Crippen LogP contribution in [-0.2, 0) is 9.53 Å². The van der Waals surface area contributed by atoms with Gasteiger partial charge in [0.05, 0.1) is 11.6 Å². The second-order valence-electron chi connectivity index (χ2n) is 5.34. The summed E-state index contributed by atoms with van der Waals surface area (Å²) in [7, 11) is 0. The number of amides is 1. The highest BCUT2D eigenvalue weighted by Gasteiger charge is 2.43. The molecule has 1 amide bonds. The molecule has 1 aliphatic carbocycles. The summed E-state index contributed by atoms with van der Waals surface area (Å²) in [6.07, 6.45) is 1.75. The highest BCUT2D eigenvalue weighted by molar-refractivity contribution is 6.30. The first-order valence-electron chi connectivity index (χ1n) is 6.70. The van der Waals surface area contributed by atoms with E-state index in [1.807, 2.05) is 0 Å². The number of carbonyl (C=O) groups is 2. The second-order valence-corrected chi connectivity index (χ2v) is 5.77. The minimum atomic E-state index is -0.986. The molecule has 1 atom stereocenters. The van der Waals surface area contributed by atoms with Crippen LogP contribution in [0, 0.1) is 23.1 Å². The Hall–Kier alpha value is -2.13. The first kappa shape index (κ1) is 16.2. The van der Waals surface area contributed by atoms with Crippen molar-refractivity contribution in [3.63, 3.8) is 0 Å². The van der Waals surface area contributed by atoms with Crippen molar-refractivity contribution in [1.29, 1.82) is 5.26 Å². The van der Waals surface area contributed by atoms with Crippen LogP contribution in [0.2, 0.25) is 5.02 Å². The van der Waals surface area contributed by atoms with Gasteiger partial charge in [0.15, 0.2) is 6.61 Å². The van der Waals surface area contributed by atoms with Crippen LogP contribution in [0.4, 0.5) is 4.39 Å². The zero-order chi connectivity index (χ0) is 16.3. The maximum atomic E-state index is 13.5. The monoisotopic (exact) mass is 324 g/mol. The molecule has 22 heavy (non-hydrogen) atoms. The molecule has 1 aromatic carbocycles. The zero-order valence-electron chi connectivity index (χ0n) is 11.9. The molecule has 0 aliphatic heterocycles. The molecular weight excluding hydrogens is 311 g/mol. The minimum Gasteiger partial charge on any atom is -0.452 e. The third-order valence-electron chi connectivity index (χ3n) is 3.51. The zero-order valence-corrected chi connectivity index (χ0v) is 12.6. The predicted octanol–water partition coefficient (Wildman–Crippen LogP) is 2.44. The quantitative estimate of drug-likeness (QED) is 0.844. The Morgan fingerprint density at radius 2 is 2.23 bits per heavy atom. The Labute approximate surface area is 132 Å². The maximum Gasteiger partial charge on any atom is 0.341 e. The number of nitrogens with zero attached hydrogens (tertiary/aromatic N) is 1. The van der Waals surface area contributed by atoms with Crippen molar-refractivity contribution in [1.82, 2.24) is 5.32 Å². The summed E-state index contributed by atoms with van der Waals surface area (Å²) in [6.45, 7) is 1.04. The van der Waals surface area contributed by atoms with Gasteiger partial charge in [0.1, 0.15) is 11.4 Å². The smallest absolute Gasteiger partial charge is 0.341 e. The van der Waals surface area contributed by atoms with E-state index < -0.39 is 29.8 Å². The number of hydrogen-bond donors (Lipinski definition) is 1. The van der Waals surface area contributed by atoms with Crippen LogP contribution in [0.15, 0.2) is 18.2 Å². The predicted molar refractivity (Wildman–Crippen MR) is 76.6 cm³/mol. The molecule has 1 aliphatic rings. The SMILES string of the molecule is C[C@](C#N)(NC(=O)COC(=O)c1cc(Cl)ccc1F)C1CC1. The Bertz CT molecular complexity index is 655. The number of nitriles is 1. The second kappa shape index (κ2) is 6.32. The largest absolute Gasteiger partial charge is 0.452 e. The maximum absolute atomic E-state index is 13.5. The first-order chi connectivity index (χ1) is 10.4. The summed E-state index contributed by atoms with van der Waals surface area (Å²) in [5.74, 6) is -2.26.